The topological polar surface area (TPSA) is 50.7 Å². The van der Waals surface area contributed by atoms with Crippen LogP contribution in [0.4, 0.5) is 13.2 Å². The van der Waals surface area contributed by atoms with E-state index in [9.17, 15) is 13.2 Å². The standard InChI is InChI=1S/C6H12F3NO3/c7-6(8,9)5-13-10-1-3-12-4-2-11/h10-11H,1-5H2. The average molecular weight is 203 g/mol. The number of alkyl halides is 3. The van der Waals surface area contributed by atoms with E-state index in [-0.39, 0.29) is 26.4 Å². The molecular weight excluding hydrogens is 191 g/mol. The van der Waals surface area contributed by atoms with Crippen molar-refractivity contribution in [2.75, 3.05) is 33.0 Å². The highest BCUT2D eigenvalue weighted by molar-refractivity contribution is 4.43. The molecule has 0 heterocycles. The van der Waals surface area contributed by atoms with Crippen LogP contribution in [0, 0.1) is 0 Å². The molecule has 0 atom stereocenters. The molecule has 0 spiro atoms. The summed E-state index contributed by atoms with van der Waals surface area (Å²) in [5.74, 6) is 0. The largest absolute Gasteiger partial charge is 0.413 e. The van der Waals surface area contributed by atoms with E-state index in [0.29, 0.717) is 0 Å². The van der Waals surface area contributed by atoms with Gasteiger partial charge in [-0.25, -0.2) is 0 Å². The Balaban J connectivity index is 3.00. The van der Waals surface area contributed by atoms with Crippen LogP contribution >= 0.6 is 0 Å². The maximum absolute atomic E-state index is 11.5. The summed E-state index contributed by atoms with van der Waals surface area (Å²) in [4.78, 5) is 4.06. The summed E-state index contributed by atoms with van der Waals surface area (Å²) in [7, 11) is 0. The highest BCUT2D eigenvalue weighted by atomic mass is 19.4. The SMILES string of the molecule is OCCOCCNOCC(F)(F)F. The number of aliphatic hydroxyl groups is 1. The zero-order valence-corrected chi connectivity index (χ0v) is 6.93. The van der Waals surface area contributed by atoms with Crippen LogP contribution in [0.3, 0.4) is 0 Å². The fourth-order valence-electron chi connectivity index (χ4n) is 0.485. The molecule has 0 aliphatic carbocycles. The lowest BCUT2D eigenvalue weighted by molar-refractivity contribution is -0.190. The monoisotopic (exact) mass is 203 g/mol. The highest BCUT2D eigenvalue weighted by Gasteiger charge is 2.27. The number of hydrogen-bond acceptors (Lipinski definition) is 4. The summed E-state index contributed by atoms with van der Waals surface area (Å²) in [6, 6.07) is 0. The number of rotatable bonds is 7. The molecule has 13 heavy (non-hydrogen) atoms. The molecule has 0 radical (unpaired) electrons. The van der Waals surface area contributed by atoms with Crippen LogP contribution in [0.5, 0.6) is 0 Å². The van der Waals surface area contributed by atoms with Crippen molar-refractivity contribution in [1.29, 1.82) is 0 Å². The minimum absolute atomic E-state index is 0.108. The molecule has 0 aromatic heterocycles. The molecule has 7 heteroatoms. The summed E-state index contributed by atoms with van der Waals surface area (Å²) in [6.45, 7) is -0.925. The lowest BCUT2D eigenvalue weighted by Crippen LogP contribution is -2.27. The average Bonchev–Trinajstić information content (AvgIpc) is 2.01. The quantitative estimate of drug-likeness (QED) is 0.454. The molecular formula is C6H12F3NO3. The van der Waals surface area contributed by atoms with Crippen molar-refractivity contribution in [3.63, 3.8) is 0 Å². The van der Waals surface area contributed by atoms with E-state index in [0.717, 1.165) is 0 Å². The van der Waals surface area contributed by atoms with E-state index in [1.807, 2.05) is 0 Å². The first-order valence-electron chi connectivity index (χ1n) is 3.66. The Kier molecular flexibility index (Phi) is 6.87. The molecule has 0 aliphatic rings. The van der Waals surface area contributed by atoms with E-state index >= 15 is 0 Å². The fourth-order valence-corrected chi connectivity index (χ4v) is 0.485. The number of hydroxylamine groups is 1. The zero-order chi connectivity index (χ0) is 10.2. The predicted molar refractivity (Wildman–Crippen MR) is 37.9 cm³/mol. The van der Waals surface area contributed by atoms with Crippen LogP contribution < -0.4 is 5.48 Å². The van der Waals surface area contributed by atoms with Gasteiger partial charge < -0.3 is 9.84 Å². The third-order valence-corrected chi connectivity index (χ3v) is 0.922. The van der Waals surface area contributed by atoms with E-state index in [1.165, 1.54) is 0 Å². The molecule has 0 fully saturated rings. The predicted octanol–water partition coefficient (Wildman–Crippen LogP) is 0.0788. The minimum Gasteiger partial charge on any atom is -0.394 e. The van der Waals surface area contributed by atoms with E-state index < -0.39 is 12.8 Å². The molecule has 0 saturated heterocycles. The first kappa shape index (κ1) is 12.6. The molecule has 0 amide bonds. The van der Waals surface area contributed by atoms with Gasteiger partial charge in [0, 0.05) is 6.54 Å². The second-order valence-electron chi connectivity index (χ2n) is 2.13. The lowest BCUT2D eigenvalue weighted by atomic mass is 10.7. The molecule has 0 aromatic carbocycles. The first-order valence-corrected chi connectivity index (χ1v) is 3.66. The Hall–Kier alpha value is -0.370. The van der Waals surface area contributed by atoms with E-state index in [4.69, 9.17) is 9.84 Å². The summed E-state index contributed by atoms with van der Waals surface area (Å²) in [5, 5.41) is 8.25. The van der Waals surface area contributed by atoms with Crippen molar-refractivity contribution < 1.29 is 27.9 Å². The van der Waals surface area contributed by atoms with Crippen molar-refractivity contribution in [3.8, 4) is 0 Å². The normalized spacial score (nSPS) is 12.0. The van der Waals surface area contributed by atoms with Gasteiger partial charge in [-0.15, -0.1) is 0 Å². The van der Waals surface area contributed by atoms with Gasteiger partial charge in [-0.05, 0) is 0 Å². The van der Waals surface area contributed by atoms with Gasteiger partial charge in [0.1, 0.15) is 0 Å². The van der Waals surface area contributed by atoms with Crippen molar-refractivity contribution in [3.05, 3.63) is 0 Å². The van der Waals surface area contributed by atoms with Crippen molar-refractivity contribution in [2.45, 2.75) is 6.18 Å². The number of ether oxygens (including phenoxy) is 1. The highest BCUT2D eigenvalue weighted by Crippen LogP contribution is 2.13. The number of halogens is 3. The molecule has 2 N–H and O–H groups in total. The third-order valence-electron chi connectivity index (χ3n) is 0.922. The van der Waals surface area contributed by atoms with Crippen molar-refractivity contribution in [2.24, 2.45) is 0 Å². The van der Waals surface area contributed by atoms with Crippen LogP contribution in [0.25, 0.3) is 0 Å². The Bertz CT molecular complexity index is 120. The number of aliphatic hydroxyl groups excluding tert-OH is 1. The Morgan fingerprint density at radius 3 is 2.46 bits per heavy atom. The van der Waals surface area contributed by atoms with Gasteiger partial charge >= 0.3 is 6.18 Å². The fraction of sp³-hybridized carbons (Fsp3) is 1.00. The Labute approximate surface area is 73.6 Å². The Morgan fingerprint density at radius 2 is 1.92 bits per heavy atom. The molecule has 80 valence electrons. The molecule has 0 saturated carbocycles. The smallest absolute Gasteiger partial charge is 0.394 e. The lowest BCUT2D eigenvalue weighted by Gasteiger charge is -2.08. The van der Waals surface area contributed by atoms with Gasteiger partial charge in [0.05, 0.1) is 19.8 Å². The summed E-state index contributed by atoms with van der Waals surface area (Å²) < 4.78 is 39.1. The molecule has 0 rings (SSSR count). The van der Waals surface area contributed by atoms with Gasteiger partial charge in [0.2, 0.25) is 0 Å². The Morgan fingerprint density at radius 1 is 1.23 bits per heavy atom. The number of hydrogen-bond donors (Lipinski definition) is 2. The maximum Gasteiger partial charge on any atom is 0.413 e. The molecule has 0 unspecified atom stereocenters. The second-order valence-corrected chi connectivity index (χ2v) is 2.13. The molecule has 0 aromatic rings. The van der Waals surface area contributed by atoms with Crippen LogP contribution in [0.2, 0.25) is 0 Å². The van der Waals surface area contributed by atoms with Gasteiger partial charge in [-0.3, -0.25) is 4.84 Å². The van der Waals surface area contributed by atoms with Crippen LogP contribution in [-0.2, 0) is 9.57 Å². The van der Waals surface area contributed by atoms with Gasteiger partial charge in [0.15, 0.2) is 6.61 Å². The van der Waals surface area contributed by atoms with E-state index in [2.05, 4.69) is 10.3 Å². The van der Waals surface area contributed by atoms with Gasteiger partial charge in [-0.1, -0.05) is 0 Å². The van der Waals surface area contributed by atoms with Crippen molar-refractivity contribution >= 4 is 0 Å². The van der Waals surface area contributed by atoms with Gasteiger partial charge in [-0.2, -0.15) is 18.7 Å². The maximum atomic E-state index is 11.5. The van der Waals surface area contributed by atoms with Crippen LogP contribution in [-0.4, -0.2) is 44.3 Å². The molecule has 4 nitrogen and oxygen atoms in total. The van der Waals surface area contributed by atoms with Crippen LogP contribution in [0.15, 0.2) is 0 Å². The molecule has 0 aliphatic heterocycles. The summed E-state index contributed by atoms with van der Waals surface area (Å²) in [6.07, 6.45) is -4.32. The number of nitrogens with one attached hydrogen (secondary N) is 1. The first-order chi connectivity index (χ1) is 6.06. The summed E-state index contributed by atoms with van der Waals surface area (Å²) in [5.41, 5.74) is 2.07. The molecule has 0 bridgehead atoms. The van der Waals surface area contributed by atoms with Crippen LogP contribution in [0.1, 0.15) is 0 Å². The van der Waals surface area contributed by atoms with Crippen molar-refractivity contribution in [1.82, 2.24) is 5.48 Å². The second kappa shape index (κ2) is 7.07. The van der Waals surface area contributed by atoms with Gasteiger partial charge in [0.25, 0.3) is 0 Å². The minimum atomic E-state index is -4.32. The van der Waals surface area contributed by atoms with E-state index in [1.54, 1.807) is 0 Å². The zero-order valence-electron chi connectivity index (χ0n) is 6.93. The summed E-state index contributed by atoms with van der Waals surface area (Å²) >= 11 is 0. The third kappa shape index (κ3) is 11.6.